The number of rotatable bonds is 7. The molecule has 34 heavy (non-hydrogen) atoms. The maximum Gasteiger partial charge on any atom is 0.251 e. The minimum Gasteiger partial charge on any atom is -0.490 e. The van der Waals surface area contributed by atoms with E-state index in [4.69, 9.17) is 9.47 Å². The van der Waals surface area contributed by atoms with Gasteiger partial charge in [-0.05, 0) is 86.8 Å². The molecule has 6 heteroatoms. The Hall–Kier alpha value is -3.02. The average molecular weight is 479 g/mol. The van der Waals surface area contributed by atoms with Crippen LogP contribution in [0, 0.1) is 0 Å². The summed E-state index contributed by atoms with van der Waals surface area (Å²) in [5, 5.41) is 3.00. The Morgan fingerprint density at radius 2 is 1.53 bits per heavy atom. The Morgan fingerprint density at radius 3 is 2.24 bits per heavy atom. The number of ether oxygens (including phenoxy) is 2. The topological polar surface area (TPSA) is 50.8 Å². The molecule has 3 aromatic rings. The molecule has 0 aliphatic carbocycles. The molecule has 2 bridgehead atoms. The van der Waals surface area contributed by atoms with Crippen molar-refractivity contribution in [1.29, 1.82) is 0 Å². The fraction of sp³-hybridized carbons (Fsp3) is 0.321. The van der Waals surface area contributed by atoms with Gasteiger partial charge in [0.05, 0.1) is 0 Å². The summed E-state index contributed by atoms with van der Waals surface area (Å²) in [5.41, 5.74) is 1.63. The second-order valence-electron chi connectivity index (χ2n) is 9.03. The van der Waals surface area contributed by atoms with E-state index in [9.17, 15) is 4.79 Å². The van der Waals surface area contributed by atoms with Gasteiger partial charge in [-0.1, -0.05) is 30.3 Å². The number of benzene rings is 3. The highest BCUT2D eigenvalue weighted by Crippen LogP contribution is 2.36. The van der Waals surface area contributed by atoms with Crippen molar-refractivity contribution in [1.82, 2.24) is 10.2 Å². The third-order valence-corrected chi connectivity index (χ3v) is 6.80. The molecule has 1 N–H and O–H groups in total. The lowest BCUT2D eigenvalue weighted by Gasteiger charge is -2.36. The van der Waals surface area contributed by atoms with Crippen LogP contribution in [0.25, 0.3) is 0 Å². The maximum absolute atomic E-state index is 12.6. The molecule has 0 aromatic heterocycles. The molecule has 0 spiro atoms. The van der Waals surface area contributed by atoms with Crippen LogP contribution in [0.1, 0.15) is 41.6 Å². The SMILES string of the molecule is CN1C2CCC1CC(Oc1cccc(CNC(=O)c3ccc(Oc4ccccc4)cc3)c1)C2.Cl. The summed E-state index contributed by atoms with van der Waals surface area (Å²) in [5.74, 6) is 2.24. The number of nitrogens with one attached hydrogen (secondary N) is 1. The smallest absolute Gasteiger partial charge is 0.251 e. The van der Waals surface area contributed by atoms with E-state index in [-0.39, 0.29) is 24.4 Å². The monoisotopic (exact) mass is 478 g/mol. The Kier molecular flexibility index (Phi) is 7.76. The summed E-state index contributed by atoms with van der Waals surface area (Å²) >= 11 is 0. The van der Waals surface area contributed by atoms with Gasteiger partial charge in [-0.3, -0.25) is 4.79 Å². The highest BCUT2D eigenvalue weighted by Gasteiger charge is 2.39. The molecular formula is C28H31ClN2O3. The molecule has 2 aliphatic heterocycles. The molecule has 178 valence electrons. The van der Waals surface area contributed by atoms with Crippen LogP contribution in [0.3, 0.4) is 0 Å². The van der Waals surface area contributed by atoms with Crippen LogP contribution in [-0.2, 0) is 6.54 Å². The van der Waals surface area contributed by atoms with Crippen molar-refractivity contribution in [2.24, 2.45) is 0 Å². The average Bonchev–Trinajstić information content (AvgIpc) is 3.04. The van der Waals surface area contributed by atoms with Crippen LogP contribution < -0.4 is 14.8 Å². The largest absolute Gasteiger partial charge is 0.490 e. The van der Waals surface area contributed by atoms with Gasteiger partial charge >= 0.3 is 0 Å². The number of nitrogens with zero attached hydrogens (tertiary/aromatic N) is 1. The molecule has 5 nitrogen and oxygen atoms in total. The van der Waals surface area contributed by atoms with Crippen molar-refractivity contribution < 1.29 is 14.3 Å². The molecule has 2 heterocycles. The second kappa shape index (κ2) is 10.9. The van der Waals surface area contributed by atoms with Gasteiger partial charge in [0.2, 0.25) is 0 Å². The van der Waals surface area contributed by atoms with E-state index in [1.807, 2.05) is 66.7 Å². The standard InChI is InChI=1S/C28H30N2O3.ClH/c1-30-22-12-13-23(30)18-27(17-22)33-26-9-5-6-20(16-26)19-29-28(31)21-10-14-25(15-11-21)32-24-7-3-2-4-8-24;/h2-11,14-16,22-23,27H,12-13,17-19H2,1H3,(H,29,31);1H. The number of piperidine rings is 1. The lowest BCUT2D eigenvalue weighted by atomic mass is 10.0. The molecule has 2 atom stereocenters. The molecule has 2 aliphatic rings. The van der Waals surface area contributed by atoms with Crippen molar-refractivity contribution in [3.8, 4) is 17.2 Å². The minimum absolute atomic E-state index is 0. The van der Waals surface area contributed by atoms with Gasteiger partial charge < -0.3 is 19.7 Å². The number of amides is 1. The van der Waals surface area contributed by atoms with E-state index in [1.54, 1.807) is 12.1 Å². The van der Waals surface area contributed by atoms with Crippen LogP contribution in [0.5, 0.6) is 17.2 Å². The first-order valence-corrected chi connectivity index (χ1v) is 11.7. The molecule has 2 unspecified atom stereocenters. The Bertz CT molecular complexity index is 1080. The second-order valence-corrected chi connectivity index (χ2v) is 9.03. The highest BCUT2D eigenvalue weighted by atomic mass is 35.5. The molecule has 2 fully saturated rings. The Balaban J connectivity index is 0.00000274. The first-order valence-electron chi connectivity index (χ1n) is 11.7. The van der Waals surface area contributed by atoms with Crippen molar-refractivity contribution in [2.45, 2.75) is 50.4 Å². The van der Waals surface area contributed by atoms with Crippen molar-refractivity contribution in [3.05, 3.63) is 90.0 Å². The third kappa shape index (κ3) is 5.72. The van der Waals surface area contributed by atoms with Crippen LogP contribution in [-0.4, -0.2) is 36.0 Å². The van der Waals surface area contributed by atoms with Crippen molar-refractivity contribution in [2.75, 3.05) is 7.05 Å². The van der Waals surface area contributed by atoms with Crippen molar-refractivity contribution >= 4 is 18.3 Å². The van der Waals surface area contributed by atoms with Gasteiger partial charge in [0.15, 0.2) is 0 Å². The first kappa shape index (κ1) is 24.1. The zero-order valence-electron chi connectivity index (χ0n) is 19.4. The molecule has 0 radical (unpaired) electrons. The summed E-state index contributed by atoms with van der Waals surface area (Å²) in [6, 6.07) is 26.1. The molecule has 0 saturated carbocycles. The quantitative estimate of drug-likeness (QED) is 0.464. The summed E-state index contributed by atoms with van der Waals surface area (Å²) in [6.45, 7) is 0.455. The fourth-order valence-electron chi connectivity index (χ4n) is 4.96. The van der Waals surface area contributed by atoms with E-state index >= 15 is 0 Å². The Morgan fingerprint density at radius 1 is 0.882 bits per heavy atom. The number of hydrogen-bond acceptors (Lipinski definition) is 4. The number of fused-ring (bicyclic) bond motifs is 2. The number of carbonyl (C=O) groups excluding carboxylic acids is 1. The molecule has 3 aromatic carbocycles. The zero-order chi connectivity index (χ0) is 22.6. The molecule has 5 rings (SSSR count). The number of hydrogen-bond donors (Lipinski definition) is 1. The fourth-order valence-corrected chi connectivity index (χ4v) is 4.96. The number of para-hydroxylation sites is 1. The summed E-state index contributed by atoms with van der Waals surface area (Å²) < 4.78 is 12.1. The van der Waals surface area contributed by atoms with Gasteiger partial charge in [0.25, 0.3) is 5.91 Å². The van der Waals surface area contributed by atoms with Crippen molar-refractivity contribution in [3.63, 3.8) is 0 Å². The van der Waals surface area contributed by atoms with Crippen LogP contribution in [0.15, 0.2) is 78.9 Å². The molecule has 2 saturated heterocycles. The van der Waals surface area contributed by atoms with E-state index in [1.165, 1.54) is 12.8 Å². The molecular weight excluding hydrogens is 448 g/mol. The summed E-state index contributed by atoms with van der Waals surface area (Å²) in [4.78, 5) is 15.1. The van der Waals surface area contributed by atoms with Gasteiger partial charge in [0, 0.05) is 24.2 Å². The normalized spacial score (nSPS) is 21.4. The van der Waals surface area contributed by atoms with E-state index in [0.29, 0.717) is 29.9 Å². The zero-order valence-corrected chi connectivity index (χ0v) is 20.2. The first-order chi connectivity index (χ1) is 16.1. The molecule has 1 amide bonds. The summed E-state index contributed by atoms with van der Waals surface area (Å²) in [6.07, 6.45) is 5.04. The maximum atomic E-state index is 12.6. The van der Waals surface area contributed by atoms with Gasteiger partial charge in [-0.2, -0.15) is 0 Å². The van der Waals surface area contributed by atoms with Crippen LogP contribution in [0.4, 0.5) is 0 Å². The predicted molar refractivity (Wildman–Crippen MR) is 136 cm³/mol. The third-order valence-electron chi connectivity index (χ3n) is 6.80. The van der Waals surface area contributed by atoms with Crippen LogP contribution >= 0.6 is 12.4 Å². The van der Waals surface area contributed by atoms with Gasteiger partial charge in [-0.15, -0.1) is 12.4 Å². The van der Waals surface area contributed by atoms with E-state index < -0.39 is 0 Å². The predicted octanol–water partition coefficient (Wildman–Crippen LogP) is 5.83. The Labute approximate surface area is 207 Å². The van der Waals surface area contributed by atoms with E-state index in [2.05, 4.69) is 17.3 Å². The van der Waals surface area contributed by atoms with Crippen LogP contribution in [0.2, 0.25) is 0 Å². The number of halogens is 1. The summed E-state index contributed by atoms with van der Waals surface area (Å²) in [7, 11) is 2.24. The lowest BCUT2D eigenvalue weighted by molar-refractivity contribution is 0.0661. The van der Waals surface area contributed by atoms with E-state index in [0.717, 1.165) is 29.9 Å². The number of carbonyl (C=O) groups is 1. The van der Waals surface area contributed by atoms with Gasteiger partial charge in [-0.25, -0.2) is 0 Å². The lowest BCUT2D eigenvalue weighted by Crippen LogP contribution is -2.43. The highest BCUT2D eigenvalue weighted by molar-refractivity contribution is 5.94. The van der Waals surface area contributed by atoms with Gasteiger partial charge in [0.1, 0.15) is 23.4 Å². The minimum atomic E-state index is -0.112.